The average molecular weight is 519 g/mol. The second kappa shape index (κ2) is 12.8. The molecule has 9 heteroatoms. The summed E-state index contributed by atoms with van der Waals surface area (Å²) >= 11 is 6.24. The van der Waals surface area contributed by atoms with Gasteiger partial charge >= 0.3 is 6.09 Å². The largest absolute Gasteiger partial charge is 0.493 e. The molecule has 8 nitrogen and oxygen atoms in total. The van der Waals surface area contributed by atoms with Crippen LogP contribution < -0.4 is 14.8 Å². The number of benzene rings is 1. The van der Waals surface area contributed by atoms with Gasteiger partial charge in [-0.15, -0.1) is 5.10 Å². The smallest absolute Gasteiger partial charge is 0.414 e. The van der Waals surface area contributed by atoms with Gasteiger partial charge in [-0.1, -0.05) is 25.4 Å². The van der Waals surface area contributed by atoms with Crippen LogP contribution in [0.4, 0.5) is 4.79 Å². The monoisotopic (exact) mass is 518 g/mol. The van der Waals surface area contributed by atoms with E-state index < -0.39 is 6.09 Å². The Labute approximate surface area is 219 Å². The van der Waals surface area contributed by atoms with Crippen LogP contribution in [0.15, 0.2) is 24.3 Å². The number of ether oxygens (including phenoxy) is 3. The van der Waals surface area contributed by atoms with Crippen molar-refractivity contribution < 1.29 is 19.0 Å². The van der Waals surface area contributed by atoms with E-state index in [-0.39, 0.29) is 11.9 Å². The molecule has 1 N–H and O–H groups in total. The van der Waals surface area contributed by atoms with E-state index in [2.05, 4.69) is 29.2 Å². The molecule has 0 atom stereocenters. The van der Waals surface area contributed by atoms with E-state index in [4.69, 9.17) is 25.8 Å². The summed E-state index contributed by atoms with van der Waals surface area (Å²) in [7, 11) is 0. The maximum absolute atomic E-state index is 12.6. The molecule has 2 aliphatic rings. The fraction of sp³-hybridized carbons (Fsp3) is 0.630. The Morgan fingerprint density at radius 1 is 1.19 bits per heavy atom. The summed E-state index contributed by atoms with van der Waals surface area (Å²) in [5, 5.41) is 8.17. The summed E-state index contributed by atoms with van der Waals surface area (Å²) in [6.07, 6.45) is 3.75. The lowest BCUT2D eigenvalue weighted by atomic mass is 9.85. The van der Waals surface area contributed by atoms with Crippen LogP contribution in [-0.4, -0.2) is 66.3 Å². The molecule has 1 saturated carbocycles. The molecule has 2 aromatic rings. The van der Waals surface area contributed by atoms with Crippen LogP contribution in [0, 0.1) is 18.8 Å². The molecule has 1 aromatic carbocycles. The molecule has 0 unspecified atom stereocenters. The minimum atomic E-state index is -0.444. The zero-order valence-corrected chi connectivity index (χ0v) is 22.4. The predicted molar refractivity (Wildman–Crippen MR) is 140 cm³/mol. The number of morpholine rings is 1. The number of halogens is 1. The number of rotatable bonds is 9. The van der Waals surface area contributed by atoms with E-state index in [9.17, 15) is 4.79 Å². The lowest BCUT2D eigenvalue weighted by molar-refractivity contribution is 0.0271. The van der Waals surface area contributed by atoms with Crippen LogP contribution in [0.1, 0.15) is 50.8 Å². The van der Waals surface area contributed by atoms with Crippen LogP contribution >= 0.6 is 11.6 Å². The van der Waals surface area contributed by atoms with E-state index in [0.29, 0.717) is 30.0 Å². The molecule has 1 aliphatic heterocycles. The third-order valence-electron chi connectivity index (χ3n) is 6.86. The molecule has 2 fully saturated rings. The Kier molecular flexibility index (Phi) is 9.51. The Morgan fingerprint density at radius 3 is 2.67 bits per heavy atom. The molecule has 1 saturated heterocycles. The highest BCUT2D eigenvalue weighted by Crippen LogP contribution is 2.27. The Bertz CT molecular complexity index is 998. The minimum Gasteiger partial charge on any atom is -0.493 e. The molecule has 198 valence electrons. The van der Waals surface area contributed by atoms with Crippen LogP contribution in [-0.2, 0) is 11.3 Å². The predicted octanol–water partition coefficient (Wildman–Crippen LogP) is 4.91. The number of nitrogens with zero attached hydrogens (tertiary/aromatic N) is 3. The summed E-state index contributed by atoms with van der Waals surface area (Å²) in [6.45, 7) is 12.1. The van der Waals surface area contributed by atoms with Crippen LogP contribution in [0.25, 0.3) is 0 Å². The van der Waals surface area contributed by atoms with Crippen molar-refractivity contribution >= 4 is 17.7 Å². The molecule has 36 heavy (non-hydrogen) atoms. The molecular weight excluding hydrogens is 480 g/mol. The molecular formula is C27H39ClN4O4. The minimum absolute atomic E-state index is 0.147. The SMILES string of the molecule is Cc1cc(OC(=O)NC2CCC(CN3CCOCC3)CC2)nn1Cc1cc(Cl)ccc1OCC(C)C. The number of carbonyl (C=O) groups is 1. The van der Waals surface area contributed by atoms with E-state index >= 15 is 0 Å². The van der Waals surface area contributed by atoms with E-state index in [0.717, 1.165) is 75.5 Å². The maximum Gasteiger partial charge on any atom is 0.414 e. The first-order valence-corrected chi connectivity index (χ1v) is 13.5. The number of aryl methyl sites for hydroxylation is 1. The highest BCUT2D eigenvalue weighted by molar-refractivity contribution is 6.30. The quantitative estimate of drug-likeness (QED) is 0.508. The van der Waals surface area contributed by atoms with Crippen molar-refractivity contribution in [2.24, 2.45) is 11.8 Å². The summed E-state index contributed by atoms with van der Waals surface area (Å²) in [4.78, 5) is 15.1. The third-order valence-corrected chi connectivity index (χ3v) is 7.09. The van der Waals surface area contributed by atoms with Crippen molar-refractivity contribution in [1.29, 1.82) is 0 Å². The van der Waals surface area contributed by atoms with Gasteiger partial charge in [-0.25, -0.2) is 4.79 Å². The number of nitrogens with one attached hydrogen (secondary N) is 1. The van der Waals surface area contributed by atoms with E-state index in [1.165, 1.54) is 0 Å². The number of hydrogen-bond donors (Lipinski definition) is 1. The van der Waals surface area contributed by atoms with E-state index in [1.54, 1.807) is 10.7 Å². The zero-order chi connectivity index (χ0) is 25.5. The molecule has 4 rings (SSSR count). The van der Waals surface area contributed by atoms with Crippen LogP contribution in [0.3, 0.4) is 0 Å². The molecule has 0 bridgehead atoms. The number of carbonyl (C=O) groups excluding carboxylic acids is 1. The molecule has 0 radical (unpaired) electrons. The molecule has 1 aliphatic carbocycles. The zero-order valence-electron chi connectivity index (χ0n) is 21.7. The summed E-state index contributed by atoms with van der Waals surface area (Å²) < 4.78 is 18.7. The van der Waals surface area contributed by atoms with Gasteiger partial charge in [0.2, 0.25) is 5.88 Å². The fourth-order valence-corrected chi connectivity index (χ4v) is 5.04. The van der Waals surface area contributed by atoms with Crippen molar-refractivity contribution in [3.63, 3.8) is 0 Å². The summed E-state index contributed by atoms with van der Waals surface area (Å²) in [5.41, 5.74) is 1.82. The Hall–Kier alpha value is -2.29. The van der Waals surface area contributed by atoms with Gasteiger partial charge in [0.1, 0.15) is 5.75 Å². The van der Waals surface area contributed by atoms with E-state index in [1.807, 2.05) is 25.1 Å². The second-order valence-corrected chi connectivity index (χ2v) is 10.8. The molecule has 0 spiro atoms. The van der Waals surface area contributed by atoms with Gasteiger partial charge in [-0.2, -0.15) is 0 Å². The standard InChI is InChI=1S/C27H39ClN4O4/c1-19(2)18-35-25-9-6-23(28)15-22(25)17-32-20(3)14-26(30-32)36-27(33)29-24-7-4-21(5-8-24)16-31-10-12-34-13-11-31/h6,9,14-15,19,21,24H,4-5,7-8,10-13,16-18H2,1-3H3,(H,29,33). The van der Waals surface area contributed by atoms with Crippen LogP contribution in [0.5, 0.6) is 11.6 Å². The average Bonchev–Trinajstić information content (AvgIpc) is 3.18. The first-order valence-electron chi connectivity index (χ1n) is 13.1. The van der Waals surface area contributed by atoms with Gasteiger partial charge in [0, 0.05) is 48.0 Å². The van der Waals surface area contributed by atoms with Gasteiger partial charge in [0.05, 0.1) is 26.4 Å². The normalized spacial score (nSPS) is 20.9. The number of hydrogen-bond acceptors (Lipinski definition) is 6. The highest BCUT2D eigenvalue weighted by atomic mass is 35.5. The Balaban J connectivity index is 1.27. The topological polar surface area (TPSA) is 77.9 Å². The molecule has 1 aromatic heterocycles. The first-order chi connectivity index (χ1) is 17.4. The van der Waals surface area contributed by atoms with Gasteiger partial charge in [-0.05, 0) is 62.6 Å². The lowest BCUT2D eigenvalue weighted by Crippen LogP contribution is -2.43. The van der Waals surface area contributed by atoms with Gasteiger partial charge in [0.15, 0.2) is 0 Å². The van der Waals surface area contributed by atoms with Crippen molar-refractivity contribution in [3.8, 4) is 11.6 Å². The number of amides is 1. The summed E-state index contributed by atoms with van der Waals surface area (Å²) in [5.74, 6) is 2.18. The number of aromatic nitrogens is 2. The van der Waals surface area contributed by atoms with Crippen molar-refractivity contribution in [2.45, 2.75) is 59.0 Å². The maximum atomic E-state index is 12.6. The first kappa shape index (κ1) is 26.8. The van der Waals surface area contributed by atoms with Crippen molar-refractivity contribution in [2.75, 3.05) is 39.5 Å². The van der Waals surface area contributed by atoms with Gasteiger partial charge < -0.3 is 19.5 Å². The van der Waals surface area contributed by atoms with Crippen molar-refractivity contribution in [3.05, 3.63) is 40.5 Å². The summed E-state index contributed by atoms with van der Waals surface area (Å²) in [6, 6.07) is 7.53. The van der Waals surface area contributed by atoms with Crippen LogP contribution in [0.2, 0.25) is 5.02 Å². The lowest BCUT2D eigenvalue weighted by Gasteiger charge is -2.34. The Morgan fingerprint density at radius 2 is 1.94 bits per heavy atom. The van der Waals surface area contributed by atoms with Gasteiger partial charge in [0.25, 0.3) is 0 Å². The molecule has 1 amide bonds. The third kappa shape index (κ3) is 7.85. The second-order valence-electron chi connectivity index (χ2n) is 10.4. The molecule has 2 heterocycles. The highest BCUT2D eigenvalue weighted by Gasteiger charge is 2.25. The van der Waals surface area contributed by atoms with Gasteiger partial charge in [-0.3, -0.25) is 9.58 Å². The van der Waals surface area contributed by atoms with Crippen molar-refractivity contribution in [1.82, 2.24) is 20.0 Å². The fourth-order valence-electron chi connectivity index (χ4n) is 4.85.